The number of anilines is 1. The Morgan fingerprint density at radius 3 is 2.66 bits per heavy atom. The van der Waals surface area contributed by atoms with Crippen molar-refractivity contribution >= 4 is 40.1 Å². The molecule has 3 aromatic rings. The van der Waals surface area contributed by atoms with Crippen LogP contribution in [0.2, 0.25) is 5.02 Å². The molecule has 0 atom stereocenters. The number of nitrogens with zero attached hydrogens (tertiary/aromatic N) is 2. The number of hydrogen-bond donors (Lipinski definition) is 3. The molecule has 200 valence electrons. The lowest BCUT2D eigenvalue weighted by molar-refractivity contribution is 0.0949. The first kappa shape index (κ1) is 26.1. The Morgan fingerprint density at radius 2 is 1.92 bits per heavy atom. The van der Waals surface area contributed by atoms with E-state index in [1.165, 1.54) is 20.0 Å². The lowest BCUT2D eigenvalue weighted by atomic mass is 10.1. The summed E-state index contributed by atoms with van der Waals surface area (Å²) in [5.74, 6) is 1.24. The zero-order valence-electron chi connectivity index (χ0n) is 21.4. The molecule has 38 heavy (non-hydrogen) atoms. The van der Waals surface area contributed by atoms with Gasteiger partial charge in [-0.25, -0.2) is 4.79 Å². The van der Waals surface area contributed by atoms with Crippen LogP contribution in [-0.2, 0) is 0 Å². The Bertz CT molecular complexity index is 1320. The van der Waals surface area contributed by atoms with Gasteiger partial charge in [-0.3, -0.25) is 9.78 Å². The Balaban J connectivity index is 1.29. The number of carbonyl (C=O) groups excluding carboxylic acids is 2. The zero-order chi connectivity index (χ0) is 26.5. The number of methoxy groups -OCH3 is 1. The minimum absolute atomic E-state index is 0.206. The number of aromatic nitrogens is 1. The standard InChI is InChI=1S/C28H32ClN5O4/c1-37-26-17-24-20(16-21(26)27(35)31-10-4-14-34-12-2-3-13-34)25(9-11-30-24)38-19-7-8-23(22(29)15-19)33-28(36)32-18-5-6-18/h7-9,11,15-18H,2-6,10,12-14H2,1H3,(H,31,35)(H2,32,33,36). The normalized spacial score (nSPS) is 15.3. The third-order valence-corrected chi connectivity index (χ3v) is 7.04. The average molecular weight is 538 g/mol. The largest absolute Gasteiger partial charge is 0.496 e. The van der Waals surface area contributed by atoms with Gasteiger partial charge >= 0.3 is 6.03 Å². The summed E-state index contributed by atoms with van der Waals surface area (Å²) in [5.41, 5.74) is 1.54. The topological polar surface area (TPSA) is 105 Å². The van der Waals surface area contributed by atoms with Crippen LogP contribution in [-0.4, -0.2) is 61.2 Å². The molecule has 10 heteroatoms. The smallest absolute Gasteiger partial charge is 0.319 e. The van der Waals surface area contributed by atoms with Crippen molar-refractivity contribution in [3.8, 4) is 17.2 Å². The average Bonchev–Trinajstić information content (AvgIpc) is 3.57. The van der Waals surface area contributed by atoms with Crippen LogP contribution in [0.15, 0.2) is 42.6 Å². The van der Waals surface area contributed by atoms with Crippen LogP contribution in [0.4, 0.5) is 10.5 Å². The van der Waals surface area contributed by atoms with Crippen molar-refractivity contribution < 1.29 is 19.1 Å². The van der Waals surface area contributed by atoms with Gasteiger partial charge in [0.25, 0.3) is 5.91 Å². The Hall–Kier alpha value is -3.56. The van der Waals surface area contributed by atoms with E-state index in [2.05, 4.69) is 25.8 Å². The number of hydrogen-bond acceptors (Lipinski definition) is 6. The molecule has 5 rings (SSSR count). The van der Waals surface area contributed by atoms with Gasteiger partial charge in [0, 0.05) is 36.3 Å². The van der Waals surface area contributed by atoms with Crippen LogP contribution in [0.3, 0.4) is 0 Å². The van der Waals surface area contributed by atoms with Gasteiger partial charge in [0.1, 0.15) is 17.2 Å². The summed E-state index contributed by atoms with van der Waals surface area (Å²) >= 11 is 6.41. The van der Waals surface area contributed by atoms with Crippen LogP contribution in [0.25, 0.3) is 10.9 Å². The third-order valence-electron chi connectivity index (χ3n) is 6.73. The molecule has 2 fully saturated rings. The quantitative estimate of drug-likeness (QED) is 0.307. The predicted molar refractivity (Wildman–Crippen MR) is 148 cm³/mol. The number of rotatable bonds is 10. The molecule has 1 aromatic heterocycles. The number of benzene rings is 2. The van der Waals surface area contributed by atoms with Crippen LogP contribution >= 0.6 is 11.6 Å². The molecular weight excluding hydrogens is 506 g/mol. The minimum Gasteiger partial charge on any atom is -0.496 e. The Labute approximate surface area is 226 Å². The molecule has 1 saturated carbocycles. The first-order valence-corrected chi connectivity index (χ1v) is 13.4. The number of pyridine rings is 1. The van der Waals surface area contributed by atoms with Crippen molar-refractivity contribution in [1.82, 2.24) is 20.5 Å². The maximum absolute atomic E-state index is 13.1. The number of halogens is 1. The van der Waals surface area contributed by atoms with E-state index in [1.54, 1.807) is 42.6 Å². The summed E-state index contributed by atoms with van der Waals surface area (Å²) in [6, 6.07) is 10.2. The monoisotopic (exact) mass is 537 g/mol. The first-order valence-electron chi connectivity index (χ1n) is 13.0. The molecule has 0 bridgehead atoms. The van der Waals surface area contributed by atoms with E-state index >= 15 is 0 Å². The van der Waals surface area contributed by atoms with E-state index < -0.39 is 0 Å². The lowest BCUT2D eigenvalue weighted by Crippen LogP contribution is -2.30. The molecule has 3 amide bonds. The SMILES string of the molecule is COc1cc2nccc(Oc3ccc(NC(=O)NC4CC4)c(Cl)c3)c2cc1C(=O)NCCCN1CCCC1. The maximum Gasteiger partial charge on any atom is 0.319 e. The molecule has 1 aliphatic heterocycles. The molecule has 1 saturated heterocycles. The second kappa shape index (κ2) is 11.9. The van der Waals surface area contributed by atoms with Crippen LogP contribution in [0.5, 0.6) is 17.2 Å². The lowest BCUT2D eigenvalue weighted by Gasteiger charge is -2.15. The summed E-state index contributed by atoms with van der Waals surface area (Å²) in [7, 11) is 1.54. The highest BCUT2D eigenvalue weighted by Crippen LogP contribution is 2.35. The van der Waals surface area contributed by atoms with E-state index in [9.17, 15) is 9.59 Å². The van der Waals surface area contributed by atoms with Crippen molar-refractivity contribution in [3.05, 3.63) is 53.2 Å². The molecule has 1 aliphatic carbocycles. The Kier molecular flexibility index (Phi) is 8.14. The molecule has 2 heterocycles. The van der Waals surface area contributed by atoms with Gasteiger partial charge in [-0.1, -0.05) is 11.6 Å². The van der Waals surface area contributed by atoms with Crippen LogP contribution < -0.4 is 25.4 Å². The van der Waals surface area contributed by atoms with Gasteiger partial charge in [0.05, 0.1) is 28.9 Å². The number of urea groups is 1. The van der Waals surface area contributed by atoms with Crippen molar-refractivity contribution in [1.29, 1.82) is 0 Å². The van der Waals surface area contributed by atoms with Crippen molar-refractivity contribution in [2.75, 3.05) is 38.6 Å². The van der Waals surface area contributed by atoms with E-state index in [4.69, 9.17) is 21.1 Å². The highest BCUT2D eigenvalue weighted by Gasteiger charge is 2.23. The molecule has 2 aliphatic rings. The number of carbonyl (C=O) groups is 2. The number of likely N-dealkylation sites (tertiary alicyclic amines) is 1. The molecule has 3 N–H and O–H groups in total. The highest BCUT2D eigenvalue weighted by molar-refractivity contribution is 6.33. The van der Waals surface area contributed by atoms with Gasteiger partial charge in [-0.15, -0.1) is 0 Å². The maximum atomic E-state index is 13.1. The van der Waals surface area contributed by atoms with Gasteiger partial charge < -0.3 is 30.3 Å². The fourth-order valence-corrected chi connectivity index (χ4v) is 4.77. The van der Waals surface area contributed by atoms with Crippen LogP contribution in [0, 0.1) is 0 Å². The second-order valence-electron chi connectivity index (χ2n) is 9.65. The fourth-order valence-electron chi connectivity index (χ4n) is 4.55. The fraction of sp³-hybridized carbons (Fsp3) is 0.393. The van der Waals surface area contributed by atoms with Crippen molar-refractivity contribution in [3.63, 3.8) is 0 Å². The van der Waals surface area contributed by atoms with E-state index in [1.807, 2.05) is 0 Å². The summed E-state index contributed by atoms with van der Waals surface area (Å²) < 4.78 is 11.6. The van der Waals surface area contributed by atoms with E-state index in [0.29, 0.717) is 51.0 Å². The predicted octanol–water partition coefficient (Wildman–Crippen LogP) is 5.19. The van der Waals surface area contributed by atoms with E-state index in [-0.39, 0.29) is 18.0 Å². The Morgan fingerprint density at radius 1 is 1.11 bits per heavy atom. The molecule has 9 nitrogen and oxygen atoms in total. The van der Waals surface area contributed by atoms with Crippen molar-refractivity contribution in [2.24, 2.45) is 0 Å². The molecule has 0 radical (unpaired) electrons. The molecular formula is C28H32ClN5O4. The first-order chi connectivity index (χ1) is 18.5. The van der Waals surface area contributed by atoms with E-state index in [0.717, 1.165) is 38.9 Å². The number of nitrogens with one attached hydrogen (secondary N) is 3. The van der Waals surface area contributed by atoms with Gasteiger partial charge in [-0.2, -0.15) is 0 Å². The molecule has 0 spiro atoms. The summed E-state index contributed by atoms with van der Waals surface area (Å²) in [5, 5.41) is 9.65. The number of fused-ring (bicyclic) bond motifs is 1. The molecule has 2 aromatic carbocycles. The van der Waals surface area contributed by atoms with Gasteiger partial charge in [0.2, 0.25) is 0 Å². The van der Waals surface area contributed by atoms with Crippen LogP contribution in [0.1, 0.15) is 42.5 Å². The van der Waals surface area contributed by atoms with Gasteiger partial charge in [-0.05, 0) is 76.0 Å². The second-order valence-corrected chi connectivity index (χ2v) is 10.1. The summed E-state index contributed by atoms with van der Waals surface area (Å²) in [4.78, 5) is 32.0. The third kappa shape index (κ3) is 6.46. The van der Waals surface area contributed by atoms with Gasteiger partial charge in [0.15, 0.2) is 0 Å². The summed E-state index contributed by atoms with van der Waals surface area (Å²) in [6.07, 6.45) is 7.04. The van der Waals surface area contributed by atoms with Crippen molar-refractivity contribution in [2.45, 2.75) is 38.1 Å². The highest BCUT2D eigenvalue weighted by atomic mass is 35.5. The minimum atomic E-state index is -0.279. The zero-order valence-corrected chi connectivity index (χ0v) is 22.1. The molecule has 0 unspecified atom stereocenters. The number of amides is 3. The number of ether oxygens (including phenoxy) is 2. The summed E-state index contributed by atoms with van der Waals surface area (Å²) in [6.45, 7) is 3.86.